The predicted molar refractivity (Wildman–Crippen MR) is 130 cm³/mol. The Hall–Kier alpha value is -2.53. The normalized spacial score (nSPS) is 14.9. The van der Waals surface area contributed by atoms with Crippen LogP contribution in [0.15, 0.2) is 18.2 Å². The molecular weight excluding hydrogens is 483 g/mol. The standard InChI is InChI=1S/C23H28ClFN4O4S/c1-13(2)33-23(32)19-14(3)20(21(26)31)34-22(19)27-18(30)12-29-8-6-28(7-9-29)11-15-4-5-16(25)10-17(15)24/h4-5,10,13H,6-9,11-12H2,1-3H3,(H2,26,31)(H,27,30). The van der Waals surface area contributed by atoms with Crippen molar-refractivity contribution in [1.82, 2.24) is 9.80 Å². The molecule has 1 aliphatic rings. The smallest absolute Gasteiger partial charge is 0.341 e. The number of piperazine rings is 1. The van der Waals surface area contributed by atoms with Crippen molar-refractivity contribution in [3.63, 3.8) is 0 Å². The Balaban J connectivity index is 1.59. The summed E-state index contributed by atoms with van der Waals surface area (Å²) in [6, 6.07) is 4.38. The lowest BCUT2D eigenvalue weighted by molar-refractivity contribution is -0.117. The number of nitrogens with two attached hydrogens (primary N) is 1. The molecule has 8 nitrogen and oxygen atoms in total. The van der Waals surface area contributed by atoms with Gasteiger partial charge in [0, 0.05) is 37.7 Å². The molecule has 11 heteroatoms. The van der Waals surface area contributed by atoms with Crippen LogP contribution in [-0.4, -0.2) is 66.4 Å². The molecule has 0 radical (unpaired) electrons. The van der Waals surface area contributed by atoms with Gasteiger partial charge in [-0.05, 0) is 44.0 Å². The van der Waals surface area contributed by atoms with Gasteiger partial charge in [-0.1, -0.05) is 17.7 Å². The average Bonchev–Trinajstić information content (AvgIpc) is 3.07. The summed E-state index contributed by atoms with van der Waals surface area (Å²) >= 11 is 7.10. The fraction of sp³-hybridized carbons (Fsp3) is 0.435. The zero-order chi connectivity index (χ0) is 25.0. The largest absolute Gasteiger partial charge is 0.459 e. The summed E-state index contributed by atoms with van der Waals surface area (Å²) in [7, 11) is 0. The number of amides is 2. The van der Waals surface area contributed by atoms with Crippen LogP contribution in [0.25, 0.3) is 0 Å². The van der Waals surface area contributed by atoms with E-state index in [1.54, 1.807) is 26.8 Å². The minimum absolute atomic E-state index is 0.132. The molecule has 0 saturated carbocycles. The molecule has 0 unspecified atom stereocenters. The van der Waals surface area contributed by atoms with Gasteiger partial charge in [0.15, 0.2) is 0 Å². The molecule has 2 heterocycles. The fourth-order valence-electron chi connectivity index (χ4n) is 3.72. The first kappa shape index (κ1) is 26.1. The van der Waals surface area contributed by atoms with E-state index in [0.717, 1.165) is 30.0 Å². The van der Waals surface area contributed by atoms with Crippen molar-refractivity contribution < 1.29 is 23.5 Å². The maximum absolute atomic E-state index is 13.3. The number of esters is 1. The van der Waals surface area contributed by atoms with Crippen molar-refractivity contribution in [2.45, 2.75) is 33.4 Å². The molecular formula is C23H28ClFN4O4S. The van der Waals surface area contributed by atoms with Crippen molar-refractivity contribution in [2.75, 3.05) is 38.0 Å². The number of carbonyl (C=O) groups is 3. The van der Waals surface area contributed by atoms with Crippen LogP contribution in [0.1, 0.15) is 45.0 Å². The SMILES string of the molecule is Cc1c(C(N)=O)sc(NC(=O)CN2CCN(Cc3ccc(F)cc3Cl)CC2)c1C(=O)OC(C)C. The van der Waals surface area contributed by atoms with Crippen LogP contribution < -0.4 is 11.1 Å². The summed E-state index contributed by atoms with van der Waals surface area (Å²) in [5, 5.41) is 3.41. The molecule has 34 heavy (non-hydrogen) atoms. The molecule has 3 rings (SSSR count). The molecule has 0 aliphatic carbocycles. The third-order valence-electron chi connectivity index (χ3n) is 5.41. The lowest BCUT2D eigenvalue weighted by Crippen LogP contribution is -2.48. The second-order valence-electron chi connectivity index (χ2n) is 8.41. The first-order valence-corrected chi connectivity index (χ1v) is 12.1. The molecule has 0 bridgehead atoms. The summed E-state index contributed by atoms with van der Waals surface area (Å²) in [4.78, 5) is 41.5. The summed E-state index contributed by atoms with van der Waals surface area (Å²) in [5.74, 6) is -1.95. The minimum Gasteiger partial charge on any atom is -0.459 e. The number of benzene rings is 1. The number of rotatable bonds is 8. The Morgan fingerprint density at radius 2 is 1.85 bits per heavy atom. The maximum atomic E-state index is 13.3. The van der Waals surface area contributed by atoms with Crippen LogP contribution in [0.5, 0.6) is 0 Å². The van der Waals surface area contributed by atoms with E-state index in [9.17, 15) is 18.8 Å². The van der Waals surface area contributed by atoms with Gasteiger partial charge < -0.3 is 15.8 Å². The van der Waals surface area contributed by atoms with Gasteiger partial charge in [0.25, 0.3) is 5.91 Å². The third kappa shape index (κ3) is 6.53. The van der Waals surface area contributed by atoms with Crippen molar-refractivity contribution in [2.24, 2.45) is 5.73 Å². The van der Waals surface area contributed by atoms with E-state index in [0.29, 0.717) is 30.2 Å². The lowest BCUT2D eigenvalue weighted by Gasteiger charge is -2.34. The number of nitrogens with one attached hydrogen (secondary N) is 1. The van der Waals surface area contributed by atoms with E-state index in [2.05, 4.69) is 10.2 Å². The van der Waals surface area contributed by atoms with Gasteiger partial charge in [0.1, 0.15) is 10.8 Å². The van der Waals surface area contributed by atoms with Crippen molar-refractivity contribution in [3.8, 4) is 0 Å². The lowest BCUT2D eigenvalue weighted by atomic mass is 10.1. The van der Waals surface area contributed by atoms with Crippen LogP contribution in [0.4, 0.5) is 9.39 Å². The van der Waals surface area contributed by atoms with E-state index in [1.165, 1.54) is 12.1 Å². The van der Waals surface area contributed by atoms with Crippen LogP contribution in [0.2, 0.25) is 5.02 Å². The second kappa shape index (κ2) is 11.3. The monoisotopic (exact) mass is 510 g/mol. The van der Waals surface area contributed by atoms with Gasteiger partial charge in [-0.15, -0.1) is 11.3 Å². The van der Waals surface area contributed by atoms with Crippen molar-refractivity contribution >= 4 is 45.7 Å². The number of ether oxygens (including phenoxy) is 1. The van der Waals surface area contributed by atoms with E-state index in [1.807, 2.05) is 4.90 Å². The third-order valence-corrected chi connectivity index (χ3v) is 6.99. The van der Waals surface area contributed by atoms with Gasteiger partial charge in [-0.3, -0.25) is 19.4 Å². The number of thiophene rings is 1. The van der Waals surface area contributed by atoms with Gasteiger partial charge in [-0.2, -0.15) is 0 Å². The van der Waals surface area contributed by atoms with Gasteiger partial charge in [0.2, 0.25) is 5.91 Å². The topological polar surface area (TPSA) is 105 Å². The Bertz CT molecular complexity index is 1080. The van der Waals surface area contributed by atoms with Gasteiger partial charge in [-0.25, -0.2) is 9.18 Å². The number of nitrogens with zero attached hydrogens (tertiary/aromatic N) is 2. The summed E-state index contributed by atoms with van der Waals surface area (Å²) in [5.41, 5.74) is 6.83. The Labute approximate surface area is 206 Å². The Morgan fingerprint density at radius 1 is 1.21 bits per heavy atom. The zero-order valence-electron chi connectivity index (χ0n) is 19.3. The Morgan fingerprint density at radius 3 is 2.44 bits per heavy atom. The summed E-state index contributed by atoms with van der Waals surface area (Å²) in [6.07, 6.45) is -0.353. The summed E-state index contributed by atoms with van der Waals surface area (Å²) < 4.78 is 18.5. The molecule has 1 aromatic heterocycles. The number of anilines is 1. The number of hydrogen-bond donors (Lipinski definition) is 2. The van der Waals surface area contributed by atoms with Crippen LogP contribution >= 0.6 is 22.9 Å². The first-order chi connectivity index (χ1) is 16.0. The van der Waals surface area contributed by atoms with Crippen LogP contribution in [0.3, 0.4) is 0 Å². The molecule has 184 valence electrons. The molecule has 2 aromatic rings. The van der Waals surface area contributed by atoms with Gasteiger partial charge in [0.05, 0.1) is 23.1 Å². The molecule has 0 spiro atoms. The quantitative estimate of drug-likeness (QED) is 0.528. The Kier molecular flexibility index (Phi) is 8.64. The first-order valence-electron chi connectivity index (χ1n) is 10.9. The maximum Gasteiger partial charge on any atom is 0.341 e. The molecule has 3 N–H and O–H groups in total. The second-order valence-corrected chi connectivity index (χ2v) is 9.84. The number of primary amides is 1. The zero-order valence-corrected chi connectivity index (χ0v) is 20.9. The van der Waals surface area contributed by atoms with E-state index in [4.69, 9.17) is 22.1 Å². The number of halogens is 2. The average molecular weight is 511 g/mol. The highest BCUT2D eigenvalue weighted by atomic mass is 35.5. The minimum atomic E-state index is -0.668. The highest BCUT2D eigenvalue weighted by Crippen LogP contribution is 2.33. The van der Waals surface area contributed by atoms with Gasteiger partial charge >= 0.3 is 5.97 Å². The molecule has 1 fully saturated rings. The highest BCUT2D eigenvalue weighted by molar-refractivity contribution is 7.18. The number of hydrogen-bond acceptors (Lipinski definition) is 7. The van der Waals surface area contributed by atoms with E-state index in [-0.39, 0.29) is 39.8 Å². The van der Waals surface area contributed by atoms with E-state index < -0.39 is 11.9 Å². The molecule has 0 atom stereocenters. The molecule has 1 aromatic carbocycles. The van der Waals surface area contributed by atoms with E-state index >= 15 is 0 Å². The van der Waals surface area contributed by atoms with Crippen LogP contribution in [-0.2, 0) is 16.1 Å². The molecule has 1 aliphatic heterocycles. The fourth-order valence-corrected chi connectivity index (χ4v) is 5.01. The summed E-state index contributed by atoms with van der Waals surface area (Å²) in [6.45, 7) is 8.53. The van der Waals surface area contributed by atoms with Crippen LogP contribution in [0, 0.1) is 12.7 Å². The predicted octanol–water partition coefficient (Wildman–Crippen LogP) is 3.27. The van der Waals surface area contributed by atoms with Crippen molar-refractivity contribution in [3.05, 3.63) is 50.6 Å². The molecule has 2 amide bonds. The highest BCUT2D eigenvalue weighted by Gasteiger charge is 2.27. The van der Waals surface area contributed by atoms with Crippen molar-refractivity contribution in [1.29, 1.82) is 0 Å². The molecule has 1 saturated heterocycles. The number of carbonyl (C=O) groups excluding carboxylic acids is 3.